The molecule has 1 aromatic carbocycles. The van der Waals surface area contributed by atoms with Crippen LogP contribution in [0.25, 0.3) is 22.3 Å². The van der Waals surface area contributed by atoms with Crippen LogP contribution >= 0.6 is 23.5 Å². The van der Waals surface area contributed by atoms with Crippen LogP contribution in [0.5, 0.6) is 5.88 Å². The molecule has 7 rings (SSSR count). The Labute approximate surface area is 380 Å². The lowest BCUT2D eigenvalue weighted by molar-refractivity contribution is -0.746. The summed E-state index contributed by atoms with van der Waals surface area (Å²) in [6.07, 6.45) is -12.3. The van der Waals surface area contributed by atoms with Crippen LogP contribution in [0.3, 0.4) is 0 Å². The number of aromatic nitrogens is 8. The molecule has 6 heterocycles. The highest BCUT2D eigenvalue weighted by Gasteiger charge is 2.50. The molecule has 2 aliphatic rings. The summed E-state index contributed by atoms with van der Waals surface area (Å²) in [5.41, 5.74) is 9.07. The molecule has 68 heavy (non-hydrogen) atoms. The molecule has 0 spiro atoms. The van der Waals surface area contributed by atoms with Gasteiger partial charge in [0.05, 0.1) is 43.2 Å². The van der Waals surface area contributed by atoms with Gasteiger partial charge in [-0.3, -0.25) is 42.7 Å². The van der Waals surface area contributed by atoms with Gasteiger partial charge in [-0.2, -0.15) is 4.98 Å². The fourth-order valence-corrected chi connectivity index (χ4v) is 10.8. The molecule has 6 unspecified atom stereocenters. The molecule has 9 N–H and O–H groups in total. The van der Waals surface area contributed by atoms with Crippen LogP contribution in [-0.4, -0.2) is 116 Å². The van der Waals surface area contributed by atoms with Crippen molar-refractivity contribution in [2.45, 2.75) is 76.0 Å². The zero-order chi connectivity index (χ0) is 49.8. The van der Waals surface area contributed by atoms with E-state index in [4.69, 9.17) is 30.4 Å². The van der Waals surface area contributed by atoms with Crippen molar-refractivity contribution in [2.75, 3.05) is 31.5 Å². The van der Waals surface area contributed by atoms with E-state index in [-0.39, 0.29) is 39.5 Å². The SMILES string of the molecule is Cn1c[n+]([C@@H]2O[C@H](COP(=O)([O-])OP(=O)([O-])OP(=O)(O)OC[C@H]3O[C@@H](n4cnc5c(=O)[nH]c(N)nc54)C(O)[C@H]3O)[C@H](O)C2OCOC(c2ccccc2[N+](=O)[O-])C(C)(C)C)c2nc(N)nc([O-])c21. The van der Waals surface area contributed by atoms with Gasteiger partial charge in [0.1, 0.15) is 43.4 Å². The van der Waals surface area contributed by atoms with Gasteiger partial charge in [0.15, 0.2) is 29.2 Å². The Bertz CT molecular complexity index is 2910. The normalized spacial score (nSPS) is 26.4. The lowest BCUT2D eigenvalue weighted by Gasteiger charge is -2.32. The number of para-hydroxylation sites is 1. The number of hydrogen-bond donors (Lipinski definition) is 7. The number of aromatic amines is 1. The van der Waals surface area contributed by atoms with Gasteiger partial charge in [0.25, 0.3) is 32.8 Å². The predicted octanol–water partition coefficient (Wildman–Crippen LogP) is -2.34. The first-order chi connectivity index (χ1) is 31.7. The van der Waals surface area contributed by atoms with Crippen molar-refractivity contribution in [3.63, 3.8) is 0 Å². The zero-order valence-electron chi connectivity index (χ0n) is 35.6. The maximum absolute atomic E-state index is 12.8. The van der Waals surface area contributed by atoms with Crippen molar-refractivity contribution >= 4 is 63.4 Å². The largest absolute Gasteiger partial charge is 0.856 e. The van der Waals surface area contributed by atoms with E-state index in [0.29, 0.717) is 0 Å². The van der Waals surface area contributed by atoms with Crippen molar-refractivity contribution in [1.29, 1.82) is 0 Å². The second-order valence-electron chi connectivity index (χ2n) is 16.2. The number of nitro groups is 1. The third-order valence-electron chi connectivity index (χ3n) is 10.3. The zero-order valence-corrected chi connectivity index (χ0v) is 38.3. The summed E-state index contributed by atoms with van der Waals surface area (Å²) in [4.78, 5) is 76.7. The lowest BCUT2D eigenvalue weighted by atomic mass is 9.84. The first-order valence-electron chi connectivity index (χ1n) is 19.6. The number of rotatable bonds is 18. The van der Waals surface area contributed by atoms with Gasteiger partial charge in [-0.25, -0.2) is 27.7 Å². The summed E-state index contributed by atoms with van der Waals surface area (Å²) in [6.45, 7) is 2.12. The Hall–Kier alpha value is -4.95. The predicted molar refractivity (Wildman–Crippen MR) is 216 cm³/mol. The molecule has 5 aromatic rings. The number of imidazole rings is 2. The van der Waals surface area contributed by atoms with Crippen LogP contribution in [0.4, 0.5) is 17.6 Å². The number of benzene rings is 1. The third-order valence-corrected chi connectivity index (χ3v) is 14.5. The van der Waals surface area contributed by atoms with Crippen molar-refractivity contribution in [3.8, 4) is 5.88 Å². The topological polar surface area (TPSA) is 468 Å². The molecule has 4 aromatic heterocycles. The maximum Gasteiger partial charge on any atom is 0.478 e. The number of aliphatic hydroxyl groups excluding tert-OH is 3. The van der Waals surface area contributed by atoms with Crippen molar-refractivity contribution in [2.24, 2.45) is 12.5 Å². The Balaban J connectivity index is 1.02. The molecule has 0 aliphatic carbocycles. The summed E-state index contributed by atoms with van der Waals surface area (Å²) < 4.78 is 82.2. The molecule has 0 amide bonds. The van der Waals surface area contributed by atoms with Crippen LogP contribution < -0.4 is 36.5 Å². The van der Waals surface area contributed by atoms with Gasteiger partial charge >= 0.3 is 13.5 Å². The minimum atomic E-state index is -6.42. The number of nitrogens with two attached hydrogens (primary N) is 2. The van der Waals surface area contributed by atoms with Crippen LogP contribution in [-0.2, 0) is 57.4 Å². The fraction of sp³-hybridized carbons (Fsp3) is 0.515. The number of ether oxygens (including phenoxy) is 4. The molecule has 2 fully saturated rings. The number of hydrogen-bond acceptors (Lipinski definition) is 26. The molecule has 12 atom stereocenters. The van der Waals surface area contributed by atoms with Crippen LogP contribution in [0.15, 0.2) is 41.7 Å². The summed E-state index contributed by atoms with van der Waals surface area (Å²) in [6, 6.07) is 5.80. The summed E-state index contributed by atoms with van der Waals surface area (Å²) in [7, 11) is -17.0. The summed E-state index contributed by atoms with van der Waals surface area (Å²) >= 11 is 0. The van der Waals surface area contributed by atoms with E-state index in [2.05, 4.69) is 42.6 Å². The van der Waals surface area contributed by atoms with Gasteiger partial charge in [-0.1, -0.05) is 37.9 Å². The van der Waals surface area contributed by atoms with Gasteiger partial charge < -0.3 is 70.0 Å². The number of aryl methyl sites for hydroxylation is 1. The number of aliphatic hydroxyl groups is 3. The average molecular weight is 1020 g/mol. The van der Waals surface area contributed by atoms with Crippen LogP contribution in [0.2, 0.25) is 0 Å². The smallest absolute Gasteiger partial charge is 0.478 e. The second-order valence-corrected chi connectivity index (χ2v) is 20.7. The van der Waals surface area contributed by atoms with E-state index in [0.717, 1.165) is 10.9 Å². The Morgan fingerprint density at radius 3 is 2.35 bits per heavy atom. The van der Waals surface area contributed by atoms with E-state index in [1.807, 2.05) is 0 Å². The number of nitrogens with one attached hydrogen (secondary N) is 1. The van der Waals surface area contributed by atoms with E-state index < -0.39 is 126 Å². The van der Waals surface area contributed by atoms with Crippen LogP contribution in [0, 0.1) is 15.5 Å². The van der Waals surface area contributed by atoms with Crippen LogP contribution in [0.1, 0.15) is 44.9 Å². The standard InChI is InChI=1S/C33H44N11O21P3/c1-33(2,3)24(14-7-5-6-8-15(14)44(50)51)59-13-58-23-21(46)17(63-30(23)43-12-41(4)19-26(43)38-32(35)40-28(19)49)10-61-67(54,55)65-68(56,57)64-66(52,53)60-9-16-20(45)22(47)29(62-16)42-11-36-18-25(42)37-31(34)39-27(18)48/h5-8,11-12,16-17,20-24,29-30,45-47H,9-10,13H2,1-4H3,(H8-,34,35,37,38,39,40,48,49,52,53,54,55,56,57)/p-2/t16-,17-,20+,21+,22?,23?,24?,29-,30-/m1/s1. The first kappa shape index (κ1) is 50.9. The number of phosphoric ester groups is 2. The van der Waals surface area contributed by atoms with Gasteiger partial charge in [0, 0.05) is 11.9 Å². The number of H-pyrrole nitrogens is 1. The number of nitro benzene ring substituents is 1. The molecular formula is C33H42N11O21P3-2. The van der Waals surface area contributed by atoms with E-state index in [9.17, 15) is 63.7 Å². The molecule has 2 aliphatic heterocycles. The number of anilines is 2. The molecular weight excluding hydrogens is 979 g/mol. The fourth-order valence-electron chi connectivity index (χ4n) is 7.41. The van der Waals surface area contributed by atoms with Gasteiger partial charge in [-0.05, 0) is 11.5 Å². The van der Waals surface area contributed by atoms with Gasteiger partial charge in [-0.15, -0.1) is 0 Å². The lowest BCUT2D eigenvalue weighted by Crippen LogP contribution is -2.47. The number of nitrogen functional groups attached to an aromatic ring is 2. The maximum atomic E-state index is 12.8. The number of nitrogens with zero attached hydrogens (tertiary/aromatic N) is 8. The average Bonchev–Trinajstić information content (AvgIpc) is 3.95. The molecule has 0 bridgehead atoms. The minimum absolute atomic E-state index is 0.0932. The third kappa shape index (κ3) is 10.8. The van der Waals surface area contributed by atoms with E-state index in [1.54, 1.807) is 26.8 Å². The van der Waals surface area contributed by atoms with Crippen molar-refractivity contribution < 1.29 is 94.9 Å². The molecule has 0 saturated carbocycles. The molecule has 32 nitrogen and oxygen atoms in total. The Kier molecular flexibility index (Phi) is 14.3. The Morgan fingerprint density at radius 2 is 1.66 bits per heavy atom. The summed E-state index contributed by atoms with van der Waals surface area (Å²) in [5.74, 6) is -1.60. The molecule has 2 saturated heterocycles. The Morgan fingerprint density at radius 1 is 0.985 bits per heavy atom. The van der Waals surface area contributed by atoms with Crippen molar-refractivity contribution in [1.82, 2.24) is 34.1 Å². The highest BCUT2D eigenvalue weighted by Crippen LogP contribution is 2.64. The van der Waals surface area contributed by atoms with Gasteiger partial charge in [0.2, 0.25) is 12.2 Å². The number of phosphoric acid groups is 3. The minimum Gasteiger partial charge on any atom is -0.856 e. The van der Waals surface area contributed by atoms with Crippen molar-refractivity contribution in [3.05, 3.63) is 63.0 Å². The second kappa shape index (κ2) is 19.1. The molecule has 35 heteroatoms. The quantitative estimate of drug-likeness (QED) is 0.0159. The molecule has 0 radical (unpaired) electrons. The first-order valence-corrected chi connectivity index (χ1v) is 24.0. The monoisotopic (exact) mass is 1020 g/mol. The van der Waals surface area contributed by atoms with E-state index >= 15 is 0 Å². The summed E-state index contributed by atoms with van der Waals surface area (Å²) in [5, 5.41) is 57.3. The van der Waals surface area contributed by atoms with E-state index in [1.165, 1.54) is 40.7 Å². The highest BCUT2D eigenvalue weighted by molar-refractivity contribution is 7.65. The number of fused-ring (bicyclic) bond motifs is 2. The molecule has 372 valence electrons. The highest BCUT2D eigenvalue weighted by atomic mass is 31.3.